The third-order valence-corrected chi connectivity index (χ3v) is 0.688. The predicted octanol–water partition coefficient (Wildman–Crippen LogP) is -0.276. The van der Waals surface area contributed by atoms with Crippen LogP contribution in [0.2, 0.25) is 0 Å². The average molecular weight is 153 g/mol. The highest BCUT2D eigenvalue weighted by atomic mass is 16.4. The molecule has 0 heterocycles. The number of rotatable bonds is 2. The van der Waals surface area contributed by atoms with Crippen LogP contribution in [0.25, 0.3) is 0 Å². The van der Waals surface area contributed by atoms with Gasteiger partial charge in [-0.05, 0) is 6.92 Å². The third kappa shape index (κ3) is 6.12. The van der Waals surface area contributed by atoms with Crippen LogP contribution in [-0.4, -0.2) is 17.0 Å². The van der Waals surface area contributed by atoms with Crippen LogP contribution in [-0.2, 0) is 9.59 Å². The van der Waals surface area contributed by atoms with Gasteiger partial charge in [-0.3, -0.25) is 10.1 Å². The molecule has 4 heteroatoms. The van der Waals surface area contributed by atoms with Gasteiger partial charge in [-0.15, -0.1) is 0 Å². The van der Waals surface area contributed by atoms with Gasteiger partial charge in [-0.2, -0.15) is 0 Å². The zero-order chi connectivity index (χ0) is 8.69. The molecule has 0 aliphatic rings. The molecule has 0 atom stereocenters. The fourth-order valence-corrected chi connectivity index (χ4v) is 0.313. The summed E-state index contributed by atoms with van der Waals surface area (Å²) in [6.45, 7) is 1.56. The van der Waals surface area contributed by atoms with Crippen molar-refractivity contribution in [1.29, 1.82) is 0 Å². The Hall–Kier alpha value is -1.76. The van der Waals surface area contributed by atoms with Crippen LogP contribution in [0.4, 0.5) is 0 Å². The SMILES string of the molecule is CC#CNC(=O)/C=C/C(=O)O. The molecule has 1 amide bonds. The van der Waals surface area contributed by atoms with Crippen LogP contribution in [0.1, 0.15) is 6.92 Å². The summed E-state index contributed by atoms with van der Waals surface area (Å²) in [5.74, 6) is 0.721. The van der Waals surface area contributed by atoms with Crippen molar-refractivity contribution < 1.29 is 14.7 Å². The van der Waals surface area contributed by atoms with Crippen molar-refractivity contribution in [2.24, 2.45) is 0 Å². The van der Waals surface area contributed by atoms with Gasteiger partial charge in [0.15, 0.2) is 0 Å². The van der Waals surface area contributed by atoms with Crippen molar-refractivity contribution in [3.8, 4) is 12.0 Å². The minimum absolute atomic E-state index is 0.540. The highest BCUT2D eigenvalue weighted by molar-refractivity contribution is 5.94. The number of nitrogens with one attached hydrogen (secondary N) is 1. The van der Waals surface area contributed by atoms with Crippen molar-refractivity contribution in [2.75, 3.05) is 0 Å². The molecule has 0 rings (SSSR count). The monoisotopic (exact) mass is 153 g/mol. The molecular weight excluding hydrogens is 146 g/mol. The maximum Gasteiger partial charge on any atom is 0.328 e. The number of hydrogen-bond acceptors (Lipinski definition) is 2. The summed E-state index contributed by atoms with van der Waals surface area (Å²) in [5.41, 5.74) is 0. The largest absolute Gasteiger partial charge is 0.478 e. The second kappa shape index (κ2) is 5.06. The van der Waals surface area contributed by atoms with E-state index in [0.717, 1.165) is 12.2 Å². The third-order valence-electron chi connectivity index (χ3n) is 0.688. The molecule has 11 heavy (non-hydrogen) atoms. The fraction of sp³-hybridized carbons (Fsp3) is 0.143. The Labute approximate surface area is 63.9 Å². The lowest BCUT2D eigenvalue weighted by atomic mass is 10.5. The number of carbonyl (C=O) groups is 2. The summed E-state index contributed by atoms with van der Waals surface area (Å²) in [6.07, 6.45) is 1.64. The van der Waals surface area contributed by atoms with Crippen LogP contribution in [0.5, 0.6) is 0 Å². The summed E-state index contributed by atoms with van der Waals surface area (Å²) in [5, 5.41) is 10.2. The van der Waals surface area contributed by atoms with E-state index in [1.54, 1.807) is 6.92 Å². The molecule has 0 saturated heterocycles. The Bertz CT molecular complexity index is 244. The molecule has 0 saturated carbocycles. The number of hydrogen-bond donors (Lipinski definition) is 2. The molecule has 0 aromatic rings. The molecule has 0 aromatic heterocycles. The van der Waals surface area contributed by atoms with Crippen LogP contribution < -0.4 is 5.32 Å². The van der Waals surface area contributed by atoms with Gasteiger partial charge in [-0.1, -0.05) is 5.92 Å². The first-order valence-corrected chi connectivity index (χ1v) is 2.79. The molecule has 0 spiro atoms. The van der Waals surface area contributed by atoms with Crippen LogP contribution in [0, 0.1) is 12.0 Å². The molecule has 2 N–H and O–H groups in total. The number of carboxylic acid groups (broad SMARTS) is 1. The lowest BCUT2D eigenvalue weighted by Crippen LogP contribution is -2.14. The molecule has 0 aromatic carbocycles. The zero-order valence-electron chi connectivity index (χ0n) is 5.92. The fourth-order valence-electron chi connectivity index (χ4n) is 0.313. The molecule has 0 aliphatic carbocycles. The highest BCUT2D eigenvalue weighted by Crippen LogP contribution is 1.72. The Morgan fingerprint density at radius 2 is 2.09 bits per heavy atom. The normalized spacial score (nSPS) is 8.45. The standard InChI is InChI=1S/C7H7NO3/c1-2-5-8-6(9)3-4-7(10)11/h3-4H,1H3,(H,8,9)(H,10,11)/b4-3+. The molecule has 0 radical (unpaired) electrons. The second-order valence-corrected chi connectivity index (χ2v) is 1.54. The van der Waals surface area contributed by atoms with E-state index in [9.17, 15) is 9.59 Å². The Morgan fingerprint density at radius 1 is 1.45 bits per heavy atom. The summed E-state index contributed by atoms with van der Waals surface area (Å²) < 4.78 is 0. The molecule has 0 fully saturated rings. The van der Waals surface area contributed by atoms with Gasteiger partial charge in [0.2, 0.25) is 0 Å². The van der Waals surface area contributed by atoms with Gasteiger partial charge < -0.3 is 5.11 Å². The van der Waals surface area contributed by atoms with Crippen molar-refractivity contribution >= 4 is 11.9 Å². The van der Waals surface area contributed by atoms with E-state index >= 15 is 0 Å². The van der Waals surface area contributed by atoms with Crippen molar-refractivity contribution in [3.05, 3.63) is 12.2 Å². The molecule has 0 bridgehead atoms. The maximum atomic E-state index is 10.5. The first kappa shape index (κ1) is 9.24. The van der Waals surface area contributed by atoms with Crippen molar-refractivity contribution in [2.45, 2.75) is 6.92 Å². The first-order chi connectivity index (χ1) is 5.16. The molecule has 58 valence electrons. The average Bonchev–Trinajstić information content (AvgIpc) is 1.97. The maximum absolute atomic E-state index is 10.5. The number of carbonyl (C=O) groups excluding carboxylic acids is 1. The van der Waals surface area contributed by atoms with E-state index in [-0.39, 0.29) is 0 Å². The van der Waals surface area contributed by atoms with Gasteiger partial charge in [0, 0.05) is 18.2 Å². The van der Waals surface area contributed by atoms with E-state index in [4.69, 9.17) is 5.11 Å². The summed E-state index contributed by atoms with van der Waals surface area (Å²) in [7, 11) is 0. The lowest BCUT2D eigenvalue weighted by molar-refractivity contribution is -0.131. The van der Waals surface area contributed by atoms with Gasteiger partial charge in [0.25, 0.3) is 5.91 Å². The van der Waals surface area contributed by atoms with Gasteiger partial charge in [-0.25, -0.2) is 4.79 Å². The number of carboxylic acids is 1. The summed E-state index contributed by atoms with van der Waals surface area (Å²) in [6, 6.07) is 2.28. The molecular formula is C7H7NO3. The van der Waals surface area contributed by atoms with E-state index in [1.165, 1.54) is 0 Å². The van der Waals surface area contributed by atoms with E-state index in [1.807, 2.05) is 0 Å². The Morgan fingerprint density at radius 3 is 2.55 bits per heavy atom. The summed E-state index contributed by atoms with van der Waals surface area (Å²) >= 11 is 0. The van der Waals surface area contributed by atoms with Crippen LogP contribution in [0.3, 0.4) is 0 Å². The van der Waals surface area contributed by atoms with Gasteiger partial charge >= 0.3 is 5.97 Å². The quantitative estimate of drug-likeness (QED) is 0.326. The minimum atomic E-state index is -1.16. The smallest absolute Gasteiger partial charge is 0.328 e. The Balaban J connectivity index is 3.84. The zero-order valence-corrected chi connectivity index (χ0v) is 5.92. The number of aliphatic carboxylic acids is 1. The van der Waals surface area contributed by atoms with E-state index in [2.05, 4.69) is 17.3 Å². The Kier molecular flexibility index (Phi) is 4.25. The van der Waals surface area contributed by atoms with E-state index in [0.29, 0.717) is 0 Å². The van der Waals surface area contributed by atoms with Crippen molar-refractivity contribution in [1.82, 2.24) is 5.32 Å². The molecule has 4 nitrogen and oxygen atoms in total. The van der Waals surface area contributed by atoms with Gasteiger partial charge in [0.1, 0.15) is 0 Å². The topological polar surface area (TPSA) is 66.4 Å². The van der Waals surface area contributed by atoms with Crippen LogP contribution in [0.15, 0.2) is 12.2 Å². The molecule has 0 aliphatic heterocycles. The minimum Gasteiger partial charge on any atom is -0.478 e. The van der Waals surface area contributed by atoms with Gasteiger partial charge in [0.05, 0.1) is 0 Å². The highest BCUT2D eigenvalue weighted by Gasteiger charge is 1.91. The van der Waals surface area contributed by atoms with Crippen molar-refractivity contribution in [3.63, 3.8) is 0 Å². The first-order valence-electron chi connectivity index (χ1n) is 2.79. The number of amides is 1. The van der Waals surface area contributed by atoms with Crippen LogP contribution >= 0.6 is 0 Å². The summed E-state index contributed by atoms with van der Waals surface area (Å²) in [4.78, 5) is 20.4. The predicted molar refractivity (Wildman–Crippen MR) is 38.4 cm³/mol. The van der Waals surface area contributed by atoms with E-state index < -0.39 is 11.9 Å². The lowest BCUT2D eigenvalue weighted by Gasteiger charge is -1.85. The molecule has 0 unspecified atom stereocenters. The second-order valence-electron chi connectivity index (χ2n) is 1.54.